The second-order valence-corrected chi connectivity index (χ2v) is 7.22. The van der Waals surface area contributed by atoms with Gasteiger partial charge in [-0.25, -0.2) is 0 Å². The Kier molecular flexibility index (Phi) is 2.87. The first-order valence-electron chi connectivity index (χ1n) is 9.36. The molecule has 2 unspecified atom stereocenters. The fraction of sp³-hybridized carbons (Fsp3) is 0.167. The van der Waals surface area contributed by atoms with E-state index in [-0.39, 0.29) is 6.10 Å². The van der Waals surface area contributed by atoms with Crippen LogP contribution in [0.1, 0.15) is 41.7 Å². The van der Waals surface area contributed by atoms with E-state index in [1.54, 1.807) is 0 Å². The minimum absolute atomic E-state index is 0.0618. The first kappa shape index (κ1) is 14.2. The molecule has 1 aromatic heterocycles. The van der Waals surface area contributed by atoms with Gasteiger partial charge in [0.1, 0.15) is 11.9 Å². The predicted molar refractivity (Wildman–Crippen MR) is 106 cm³/mol. The molecule has 126 valence electrons. The van der Waals surface area contributed by atoms with Gasteiger partial charge in [0.15, 0.2) is 0 Å². The lowest BCUT2D eigenvalue weighted by Crippen LogP contribution is -2.13. The fourth-order valence-electron chi connectivity index (χ4n) is 4.67. The molecule has 0 fully saturated rings. The molecule has 1 aliphatic heterocycles. The molecule has 0 bridgehead atoms. The number of fused-ring (bicyclic) bond motifs is 7. The third kappa shape index (κ3) is 1.82. The van der Waals surface area contributed by atoms with Gasteiger partial charge >= 0.3 is 0 Å². The molecular formula is C24H19NO. The van der Waals surface area contributed by atoms with Crippen LogP contribution in [0.4, 0.5) is 0 Å². The van der Waals surface area contributed by atoms with Crippen molar-refractivity contribution in [2.45, 2.75) is 24.9 Å². The summed E-state index contributed by atoms with van der Waals surface area (Å²) in [5.41, 5.74) is 6.42. The van der Waals surface area contributed by atoms with Crippen molar-refractivity contribution in [3.8, 4) is 5.75 Å². The van der Waals surface area contributed by atoms with Crippen LogP contribution in [0.2, 0.25) is 0 Å². The second kappa shape index (κ2) is 5.25. The summed E-state index contributed by atoms with van der Waals surface area (Å²) in [5, 5.41) is 1.30. The Balaban J connectivity index is 1.63. The summed E-state index contributed by atoms with van der Waals surface area (Å²) in [5.74, 6) is 1.32. The van der Waals surface area contributed by atoms with Gasteiger partial charge in [-0.1, -0.05) is 54.6 Å². The summed E-state index contributed by atoms with van der Waals surface area (Å²) in [7, 11) is 0. The lowest BCUT2D eigenvalue weighted by Gasteiger charge is -2.22. The molecular weight excluding hydrogens is 318 g/mol. The second-order valence-electron chi connectivity index (χ2n) is 7.22. The maximum Gasteiger partial charge on any atom is 0.137 e. The Morgan fingerprint density at radius 2 is 1.81 bits per heavy atom. The van der Waals surface area contributed by atoms with Crippen molar-refractivity contribution in [1.82, 2.24) is 4.57 Å². The van der Waals surface area contributed by atoms with Gasteiger partial charge < -0.3 is 9.30 Å². The van der Waals surface area contributed by atoms with Crippen molar-refractivity contribution in [2.75, 3.05) is 0 Å². The lowest BCUT2D eigenvalue weighted by molar-refractivity contribution is 0.225. The number of nitrogens with zero attached hydrogens (tertiary/aromatic N) is 1. The van der Waals surface area contributed by atoms with Gasteiger partial charge in [-0.2, -0.15) is 0 Å². The molecule has 2 aliphatic carbocycles. The molecule has 26 heavy (non-hydrogen) atoms. The molecule has 0 spiro atoms. The van der Waals surface area contributed by atoms with E-state index in [0.717, 1.165) is 18.6 Å². The summed E-state index contributed by atoms with van der Waals surface area (Å²) < 4.78 is 8.85. The van der Waals surface area contributed by atoms with Crippen LogP contribution in [0.5, 0.6) is 5.75 Å². The summed E-state index contributed by atoms with van der Waals surface area (Å²) in [6, 6.07) is 17.2. The van der Waals surface area contributed by atoms with Crippen LogP contribution < -0.4 is 4.74 Å². The zero-order valence-corrected chi connectivity index (χ0v) is 14.4. The van der Waals surface area contributed by atoms with Crippen molar-refractivity contribution in [2.24, 2.45) is 0 Å². The highest BCUT2D eigenvalue weighted by molar-refractivity contribution is 5.94. The molecule has 3 aromatic rings. The third-order valence-corrected chi connectivity index (χ3v) is 5.79. The average Bonchev–Trinajstić information content (AvgIpc) is 3.24. The minimum Gasteiger partial charge on any atom is -0.484 e. The average molecular weight is 337 g/mol. The van der Waals surface area contributed by atoms with Crippen molar-refractivity contribution in [1.29, 1.82) is 0 Å². The van der Waals surface area contributed by atoms with Gasteiger partial charge in [0.05, 0.1) is 11.2 Å². The quantitative estimate of drug-likeness (QED) is 0.525. The number of allylic oxidation sites excluding steroid dienone is 4. The van der Waals surface area contributed by atoms with Crippen molar-refractivity contribution in [3.05, 3.63) is 89.7 Å². The van der Waals surface area contributed by atoms with Crippen molar-refractivity contribution >= 4 is 22.7 Å². The van der Waals surface area contributed by atoms with E-state index in [2.05, 4.69) is 83.5 Å². The highest BCUT2D eigenvalue weighted by Crippen LogP contribution is 2.52. The first-order chi connectivity index (χ1) is 12.9. The van der Waals surface area contributed by atoms with E-state index >= 15 is 0 Å². The molecule has 2 aromatic carbocycles. The number of aromatic nitrogens is 1. The van der Waals surface area contributed by atoms with Crippen molar-refractivity contribution < 1.29 is 4.74 Å². The zero-order chi connectivity index (χ0) is 17.1. The SMILES string of the molecule is C1=CC(n2c3c(c4ccccc42)C2Oc4ccccc4C2C=C3)=CCC1. The smallest absolute Gasteiger partial charge is 0.137 e. The largest absolute Gasteiger partial charge is 0.484 e. The molecule has 0 saturated heterocycles. The lowest BCUT2D eigenvalue weighted by atomic mass is 9.86. The predicted octanol–water partition coefficient (Wildman–Crippen LogP) is 6.08. The Morgan fingerprint density at radius 1 is 0.923 bits per heavy atom. The van der Waals surface area contributed by atoms with Gasteiger partial charge in [-0.05, 0) is 37.1 Å². The number of benzene rings is 2. The molecule has 6 rings (SSSR count). The van der Waals surface area contributed by atoms with Crippen LogP contribution in [0.15, 0.2) is 72.8 Å². The monoisotopic (exact) mass is 337 g/mol. The van der Waals surface area contributed by atoms with E-state index in [1.165, 1.54) is 33.4 Å². The Labute approximate surface area is 152 Å². The molecule has 2 atom stereocenters. The summed E-state index contributed by atoms with van der Waals surface area (Å²) in [6.07, 6.45) is 13.8. The van der Waals surface area contributed by atoms with Crippen LogP contribution in [0.25, 0.3) is 22.7 Å². The normalized spacial score (nSPS) is 22.5. The highest BCUT2D eigenvalue weighted by Gasteiger charge is 2.39. The van der Waals surface area contributed by atoms with Crippen LogP contribution in [0, 0.1) is 0 Å². The summed E-state index contributed by atoms with van der Waals surface area (Å²) in [4.78, 5) is 0. The minimum atomic E-state index is 0.0618. The number of hydrogen-bond donors (Lipinski definition) is 0. The third-order valence-electron chi connectivity index (χ3n) is 5.79. The molecule has 2 heteroatoms. The van der Waals surface area contributed by atoms with Crippen LogP contribution in [-0.4, -0.2) is 4.57 Å². The molecule has 3 aliphatic rings. The number of para-hydroxylation sites is 2. The Morgan fingerprint density at radius 3 is 2.73 bits per heavy atom. The van der Waals surface area contributed by atoms with Gasteiger partial charge in [0, 0.05) is 28.1 Å². The van der Waals surface area contributed by atoms with E-state index in [0.29, 0.717) is 5.92 Å². The van der Waals surface area contributed by atoms with Crippen LogP contribution >= 0.6 is 0 Å². The maximum absolute atomic E-state index is 6.44. The van der Waals surface area contributed by atoms with Crippen molar-refractivity contribution in [3.63, 3.8) is 0 Å². The highest BCUT2D eigenvalue weighted by atomic mass is 16.5. The van der Waals surface area contributed by atoms with Gasteiger partial charge in [0.25, 0.3) is 0 Å². The van der Waals surface area contributed by atoms with E-state index < -0.39 is 0 Å². The Hall–Kier alpha value is -3.00. The van der Waals surface area contributed by atoms with Gasteiger partial charge in [-0.3, -0.25) is 0 Å². The molecule has 0 radical (unpaired) electrons. The van der Waals surface area contributed by atoms with Crippen LogP contribution in [0.3, 0.4) is 0 Å². The maximum atomic E-state index is 6.44. The standard InChI is InChI=1S/C24H19NO/c1-2-8-16(9-3-1)25-20-12-6-4-11-19(20)23-21(25)15-14-18-17-10-5-7-13-22(17)26-24(18)23/h2,4-15,18,24H,1,3H2. The fourth-order valence-corrected chi connectivity index (χ4v) is 4.67. The Bertz CT molecular complexity index is 1130. The van der Waals surface area contributed by atoms with Gasteiger partial charge in [-0.15, -0.1) is 0 Å². The number of ether oxygens (including phenoxy) is 1. The van der Waals surface area contributed by atoms with E-state index in [9.17, 15) is 0 Å². The van der Waals surface area contributed by atoms with Crippen LogP contribution in [-0.2, 0) is 0 Å². The molecule has 2 heterocycles. The number of rotatable bonds is 1. The van der Waals surface area contributed by atoms with E-state index in [4.69, 9.17) is 4.74 Å². The topological polar surface area (TPSA) is 14.2 Å². The summed E-state index contributed by atoms with van der Waals surface area (Å²) >= 11 is 0. The molecule has 0 N–H and O–H groups in total. The molecule has 0 amide bonds. The number of hydrogen-bond acceptors (Lipinski definition) is 1. The molecule has 0 saturated carbocycles. The molecule has 2 nitrogen and oxygen atoms in total. The zero-order valence-electron chi connectivity index (χ0n) is 14.4. The first-order valence-corrected chi connectivity index (χ1v) is 9.36. The summed E-state index contributed by atoms with van der Waals surface area (Å²) in [6.45, 7) is 0. The van der Waals surface area contributed by atoms with Gasteiger partial charge in [0.2, 0.25) is 0 Å². The van der Waals surface area contributed by atoms with E-state index in [1.807, 2.05) is 0 Å².